The molecule has 2 aromatic carbocycles. The van der Waals surface area contributed by atoms with Gasteiger partial charge >= 0.3 is 5.97 Å². The fraction of sp³-hybridized carbons (Fsp3) is 0.458. The second kappa shape index (κ2) is 9.13. The highest BCUT2D eigenvalue weighted by atomic mass is 16.5. The van der Waals surface area contributed by atoms with E-state index >= 15 is 0 Å². The van der Waals surface area contributed by atoms with Gasteiger partial charge in [0.25, 0.3) is 0 Å². The highest BCUT2D eigenvalue weighted by Crippen LogP contribution is 2.40. The smallest absolute Gasteiger partial charge is 0.337 e. The average Bonchev–Trinajstić information content (AvgIpc) is 2.66. The molecule has 152 valence electrons. The Bertz CT molecular complexity index is 805. The summed E-state index contributed by atoms with van der Waals surface area (Å²) >= 11 is 0. The standard InChI is InChI=1S/C24H32O4/c1-14(2)19-13-18(9-10-22(19)26-7)28-23-20(15(3)4)11-17(24(25)27-8)12-21(23)16(5)6/h9-16H,1-8H3. The Hall–Kier alpha value is -2.49. The summed E-state index contributed by atoms with van der Waals surface area (Å²) in [7, 11) is 3.09. The van der Waals surface area contributed by atoms with E-state index in [-0.39, 0.29) is 17.8 Å². The van der Waals surface area contributed by atoms with Crippen molar-refractivity contribution in [2.45, 2.75) is 59.3 Å². The average molecular weight is 385 g/mol. The molecule has 0 amide bonds. The first-order valence-electron chi connectivity index (χ1n) is 9.81. The van der Waals surface area contributed by atoms with Gasteiger partial charge < -0.3 is 14.2 Å². The molecule has 2 rings (SSSR count). The minimum Gasteiger partial charge on any atom is -0.496 e. The molecule has 0 aromatic heterocycles. The van der Waals surface area contributed by atoms with Gasteiger partial charge in [-0.1, -0.05) is 41.5 Å². The van der Waals surface area contributed by atoms with E-state index < -0.39 is 0 Å². The number of benzene rings is 2. The maximum absolute atomic E-state index is 12.1. The first-order chi connectivity index (χ1) is 13.2. The van der Waals surface area contributed by atoms with E-state index in [9.17, 15) is 4.79 Å². The molecule has 0 aliphatic heterocycles. The van der Waals surface area contributed by atoms with Crippen molar-refractivity contribution < 1.29 is 19.0 Å². The van der Waals surface area contributed by atoms with Crippen LogP contribution in [0, 0.1) is 0 Å². The molecule has 0 saturated carbocycles. The van der Waals surface area contributed by atoms with Gasteiger partial charge in [0.15, 0.2) is 0 Å². The molecule has 0 heterocycles. The largest absolute Gasteiger partial charge is 0.496 e. The molecule has 4 nitrogen and oxygen atoms in total. The molecule has 2 aromatic rings. The van der Waals surface area contributed by atoms with Crippen LogP contribution in [0.1, 0.15) is 86.3 Å². The lowest BCUT2D eigenvalue weighted by Gasteiger charge is -2.22. The Kier molecular flexibility index (Phi) is 7.11. The van der Waals surface area contributed by atoms with Crippen molar-refractivity contribution in [2.75, 3.05) is 14.2 Å². The summed E-state index contributed by atoms with van der Waals surface area (Å²) in [5.41, 5.74) is 3.64. The normalized spacial score (nSPS) is 11.2. The lowest BCUT2D eigenvalue weighted by Crippen LogP contribution is -2.08. The van der Waals surface area contributed by atoms with E-state index in [1.54, 1.807) is 7.11 Å². The first kappa shape index (κ1) is 21.8. The van der Waals surface area contributed by atoms with Crippen molar-refractivity contribution in [1.82, 2.24) is 0 Å². The van der Waals surface area contributed by atoms with Crippen molar-refractivity contribution in [3.05, 3.63) is 52.6 Å². The summed E-state index contributed by atoms with van der Waals surface area (Å²) in [5.74, 6) is 2.81. The molecule has 0 N–H and O–H groups in total. The molecule has 0 unspecified atom stereocenters. The predicted octanol–water partition coefficient (Wildman–Crippen LogP) is 6.64. The molecule has 4 heteroatoms. The van der Waals surface area contributed by atoms with Gasteiger partial charge in [-0.05, 0) is 59.2 Å². The van der Waals surface area contributed by atoms with Gasteiger partial charge in [0.1, 0.15) is 17.2 Å². The third kappa shape index (κ3) is 4.67. The molecular weight excluding hydrogens is 352 g/mol. The number of hydrogen-bond donors (Lipinski definition) is 0. The van der Waals surface area contributed by atoms with Gasteiger partial charge in [-0.15, -0.1) is 0 Å². The van der Waals surface area contributed by atoms with Crippen LogP contribution in [-0.2, 0) is 4.74 Å². The van der Waals surface area contributed by atoms with Crippen LogP contribution in [0.3, 0.4) is 0 Å². The molecule has 0 radical (unpaired) electrons. The number of rotatable bonds is 7. The lowest BCUT2D eigenvalue weighted by molar-refractivity contribution is 0.0600. The predicted molar refractivity (Wildman–Crippen MR) is 113 cm³/mol. The van der Waals surface area contributed by atoms with Crippen molar-refractivity contribution >= 4 is 5.97 Å². The van der Waals surface area contributed by atoms with Gasteiger partial charge in [-0.2, -0.15) is 0 Å². The van der Waals surface area contributed by atoms with E-state index in [0.717, 1.165) is 33.9 Å². The van der Waals surface area contributed by atoms with Gasteiger partial charge in [0.05, 0.1) is 19.8 Å². The third-order valence-electron chi connectivity index (χ3n) is 4.85. The number of hydrogen-bond acceptors (Lipinski definition) is 4. The topological polar surface area (TPSA) is 44.8 Å². The molecule has 0 atom stereocenters. The Labute approximate surface area is 168 Å². The summed E-state index contributed by atoms with van der Waals surface area (Å²) in [6.07, 6.45) is 0. The summed E-state index contributed by atoms with van der Waals surface area (Å²) < 4.78 is 16.8. The third-order valence-corrected chi connectivity index (χ3v) is 4.85. The van der Waals surface area contributed by atoms with E-state index in [1.165, 1.54) is 7.11 Å². The van der Waals surface area contributed by atoms with Crippen molar-refractivity contribution in [3.63, 3.8) is 0 Å². The van der Waals surface area contributed by atoms with Crippen LogP contribution < -0.4 is 9.47 Å². The zero-order chi connectivity index (χ0) is 21.0. The Morgan fingerprint density at radius 2 is 1.32 bits per heavy atom. The van der Waals surface area contributed by atoms with Crippen molar-refractivity contribution in [2.24, 2.45) is 0 Å². The minimum atomic E-state index is -0.332. The maximum atomic E-state index is 12.1. The molecular formula is C24H32O4. The minimum absolute atomic E-state index is 0.194. The molecule has 0 spiro atoms. The fourth-order valence-electron chi connectivity index (χ4n) is 3.23. The van der Waals surface area contributed by atoms with Crippen LogP contribution in [-0.4, -0.2) is 20.2 Å². The summed E-state index contributed by atoms with van der Waals surface area (Å²) in [6.45, 7) is 12.7. The molecule has 0 aliphatic rings. The quantitative estimate of drug-likeness (QED) is 0.502. The van der Waals surface area contributed by atoms with Gasteiger partial charge in [-0.3, -0.25) is 0 Å². The summed E-state index contributed by atoms with van der Waals surface area (Å²) in [4.78, 5) is 12.1. The summed E-state index contributed by atoms with van der Waals surface area (Å²) in [5, 5.41) is 0. The molecule has 0 aliphatic carbocycles. The second-order valence-corrected chi connectivity index (χ2v) is 7.95. The Balaban J connectivity index is 2.61. The van der Waals surface area contributed by atoms with E-state index in [1.807, 2.05) is 30.3 Å². The van der Waals surface area contributed by atoms with Crippen LogP contribution in [0.4, 0.5) is 0 Å². The molecule has 0 fully saturated rings. The van der Waals surface area contributed by atoms with Crippen LogP contribution in [0.15, 0.2) is 30.3 Å². The number of esters is 1. The van der Waals surface area contributed by atoms with E-state index in [0.29, 0.717) is 11.5 Å². The number of methoxy groups -OCH3 is 2. The second-order valence-electron chi connectivity index (χ2n) is 7.95. The van der Waals surface area contributed by atoms with E-state index in [2.05, 4.69) is 41.5 Å². The molecule has 0 saturated heterocycles. The number of ether oxygens (including phenoxy) is 3. The zero-order valence-corrected chi connectivity index (χ0v) is 18.3. The number of carbonyl (C=O) groups excluding carboxylic acids is 1. The Morgan fingerprint density at radius 3 is 1.75 bits per heavy atom. The van der Waals surface area contributed by atoms with E-state index in [4.69, 9.17) is 14.2 Å². The SMILES string of the molecule is COC(=O)c1cc(C(C)C)c(Oc2ccc(OC)c(C(C)C)c2)c(C(C)C)c1. The Morgan fingerprint density at radius 1 is 0.786 bits per heavy atom. The zero-order valence-electron chi connectivity index (χ0n) is 18.3. The van der Waals surface area contributed by atoms with Gasteiger partial charge in [-0.25, -0.2) is 4.79 Å². The van der Waals surface area contributed by atoms with Crippen LogP contribution in [0.5, 0.6) is 17.2 Å². The fourth-order valence-corrected chi connectivity index (χ4v) is 3.23. The molecule has 0 bridgehead atoms. The van der Waals surface area contributed by atoms with Gasteiger partial charge in [0, 0.05) is 5.56 Å². The van der Waals surface area contributed by atoms with Crippen LogP contribution >= 0.6 is 0 Å². The van der Waals surface area contributed by atoms with Crippen molar-refractivity contribution in [1.29, 1.82) is 0 Å². The molecule has 28 heavy (non-hydrogen) atoms. The van der Waals surface area contributed by atoms with Crippen molar-refractivity contribution in [3.8, 4) is 17.2 Å². The first-order valence-corrected chi connectivity index (χ1v) is 9.81. The van der Waals surface area contributed by atoms with Crippen LogP contribution in [0.2, 0.25) is 0 Å². The number of carbonyl (C=O) groups is 1. The highest BCUT2D eigenvalue weighted by Gasteiger charge is 2.21. The maximum Gasteiger partial charge on any atom is 0.337 e. The van der Waals surface area contributed by atoms with Gasteiger partial charge in [0.2, 0.25) is 0 Å². The highest BCUT2D eigenvalue weighted by molar-refractivity contribution is 5.90. The van der Waals surface area contributed by atoms with Crippen LogP contribution in [0.25, 0.3) is 0 Å². The summed E-state index contributed by atoms with van der Waals surface area (Å²) in [6, 6.07) is 9.66. The monoisotopic (exact) mass is 384 g/mol. The lowest BCUT2D eigenvalue weighted by atomic mass is 9.91.